The maximum Gasteiger partial charge on any atom is 0.160 e. The van der Waals surface area contributed by atoms with Gasteiger partial charge in [-0.3, -0.25) is 9.78 Å². The first-order valence-electron chi connectivity index (χ1n) is 4.08. The van der Waals surface area contributed by atoms with Gasteiger partial charge in [-0.2, -0.15) is 0 Å². The number of hydrogen-bond donors (Lipinski definition) is 0. The summed E-state index contributed by atoms with van der Waals surface area (Å²) >= 11 is 0. The Balaban J connectivity index is 2.47. The van der Waals surface area contributed by atoms with Crippen molar-refractivity contribution in [1.29, 1.82) is 0 Å². The second-order valence-corrected chi connectivity index (χ2v) is 2.70. The SMILES string of the molecule is O=Cc1cncc(-c2ncccn2)c1. The lowest BCUT2D eigenvalue weighted by molar-refractivity contribution is 0.112. The van der Waals surface area contributed by atoms with E-state index in [4.69, 9.17) is 0 Å². The van der Waals surface area contributed by atoms with E-state index in [-0.39, 0.29) is 0 Å². The van der Waals surface area contributed by atoms with Gasteiger partial charge in [0.1, 0.15) is 0 Å². The molecule has 0 bridgehead atoms. The van der Waals surface area contributed by atoms with E-state index < -0.39 is 0 Å². The summed E-state index contributed by atoms with van der Waals surface area (Å²) < 4.78 is 0. The molecule has 2 aromatic heterocycles. The van der Waals surface area contributed by atoms with Crippen molar-refractivity contribution >= 4 is 6.29 Å². The van der Waals surface area contributed by atoms with Crippen LogP contribution in [0.5, 0.6) is 0 Å². The van der Waals surface area contributed by atoms with Gasteiger partial charge in [-0.25, -0.2) is 9.97 Å². The van der Waals surface area contributed by atoms with Gasteiger partial charge in [0.05, 0.1) is 0 Å². The Morgan fingerprint density at radius 1 is 1.14 bits per heavy atom. The van der Waals surface area contributed by atoms with Gasteiger partial charge in [0.25, 0.3) is 0 Å². The summed E-state index contributed by atoms with van der Waals surface area (Å²) in [4.78, 5) is 22.5. The van der Waals surface area contributed by atoms with Crippen LogP contribution in [0.3, 0.4) is 0 Å². The van der Waals surface area contributed by atoms with Crippen LogP contribution in [0.2, 0.25) is 0 Å². The zero-order valence-electron chi connectivity index (χ0n) is 7.29. The molecule has 0 aromatic carbocycles. The average molecular weight is 185 g/mol. The molecular weight excluding hydrogens is 178 g/mol. The summed E-state index contributed by atoms with van der Waals surface area (Å²) in [6.07, 6.45) is 7.17. The predicted molar refractivity (Wildman–Crippen MR) is 50.7 cm³/mol. The van der Waals surface area contributed by atoms with Crippen LogP contribution in [0.4, 0.5) is 0 Å². The third kappa shape index (κ3) is 1.64. The van der Waals surface area contributed by atoms with Crippen LogP contribution in [0.15, 0.2) is 36.9 Å². The minimum atomic E-state index is 0.523. The lowest BCUT2D eigenvalue weighted by Gasteiger charge is -1.98. The fraction of sp³-hybridized carbons (Fsp3) is 0. The zero-order valence-corrected chi connectivity index (χ0v) is 7.29. The summed E-state index contributed by atoms with van der Waals surface area (Å²) in [5.74, 6) is 0.573. The van der Waals surface area contributed by atoms with Crippen LogP contribution in [0.1, 0.15) is 10.4 Å². The second kappa shape index (κ2) is 3.74. The Bertz CT molecular complexity index is 442. The van der Waals surface area contributed by atoms with E-state index in [1.807, 2.05) is 0 Å². The van der Waals surface area contributed by atoms with Crippen LogP contribution in [0, 0.1) is 0 Å². The Morgan fingerprint density at radius 2 is 1.93 bits per heavy atom. The van der Waals surface area contributed by atoms with E-state index in [0.717, 1.165) is 11.8 Å². The Labute approximate surface area is 80.7 Å². The molecule has 2 heterocycles. The van der Waals surface area contributed by atoms with Crippen molar-refractivity contribution in [2.45, 2.75) is 0 Å². The molecule has 0 unspecified atom stereocenters. The van der Waals surface area contributed by atoms with Crippen LogP contribution >= 0.6 is 0 Å². The molecule has 0 N–H and O–H groups in total. The van der Waals surface area contributed by atoms with Crippen molar-refractivity contribution in [1.82, 2.24) is 15.0 Å². The molecule has 0 saturated carbocycles. The van der Waals surface area contributed by atoms with Gasteiger partial charge in [-0.05, 0) is 12.1 Å². The Morgan fingerprint density at radius 3 is 2.64 bits per heavy atom. The number of rotatable bonds is 2. The smallest absolute Gasteiger partial charge is 0.160 e. The molecule has 0 aliphatic rings. The normalized spacial score (nSPS) is 9.71. The standard InChI is InChI=1S/C10H7N3O/c14-7-8-4-9(6-11-5-8)10-12-2-1-3-13-10/h1-7H. The third-order valence-electron chi connectivity index (χ3n) is 1.72. The van der Waals surface area contributed by atoms with Crippen molar-refractivity contribution in [3.8, 4) is 11.4 Å². The predicted octanol–water partition coefficient (Wildman–Crippen LogP) is 1.35. The van der Waals surface area contributed by atoms with Crippen LogP contribution < -0.4 is 0 Å². The van der Waals surface area contributed by atoms with E-state index in [0.29, 0.717) is 11.4 Å². The molecule has 0 saturated heterocycles. The number of nitrogens with zero attached hydrogens (tertiary/aromatic N) is 3. The summed E-state index contributed by atoms with van der Waals surface area (Å²) in [6.45, 7) is 0. The van der Waals surface area contributed by atoms with Gasteiger partial charge >= 0.3 is 0 Å². The molecule has 68 valence electrons. The van der Waals surface area contributed by atoms with Gasteiger partial charge in [-0.15, -0.1) is 0 Å². The molecule has 14 heavy (non-hydrogen) atoms. The quantitative estimate of drug-likeness (QED) is 0.662. The molecule has 0 aliphatic heterocycles. The second-order valence-electron chi connectivity index (χ2n) is 2.70. The first-order valence-corrected chi connectivity index (χ1v) is 4.08. The van der Waals surface area contributed by atoms with Gasteiger partial charge < -0.3 is 0 Å². The Hall–Kier alpha value is -2.10. The molecule has 4 heteroatoms. The van der Waals surface area contributed by atoms with Crippen LogP contribution in [0.25, 0.3) is 11.4 Å². The van der Waals surface area contributed by atoms with Crippen LogP contribution in [-0.2, 0) is 0 Å². The number of aromatic nitrogens is 3. The van der Waals surface area contributed by atoms with Crippen LogP contribution in [-0.4, -0.2) is 21.2 Å². The van der Waals surface area contributed by atoms with Crippen molar-refractivity contribution in [3.05, 3.63) is 42.5 Å². The molecule has 0 amide bonds. The highest BCUT2D eigenvalue weighted by Crippen LogP contribution is 2.12. The molecule has 0 aliphatic carbocycles. The summed E-state index contributed by atoms with van der Waals surface area (Å²) in [5, 5.41) is 0. The maximum atomic E-state index is 10.5. The molecule has 0 atom stereocenters. The van der Waals surface area contributed by atoms with Gasteiger partial charge in [0, 0.05) is 35.9 Å². The van der Waals surface area contributed by atoms with Gasteiger partial charge in [0.2, 0.25) is 0 Å². The van der Waals surface area contributed by atoms with E-state index >= 15 is 0 Å². The zero-order chi connectivity index (χ0) is 9.80. The summed E-state index contributed by atoms with van der Waals surface area (Å²) in [7, 11) is 0. The van der Waals surface area contributed by atoms with Gasteiger partial charge in [-0.1, -0.05) is 0 Å². The number of hydrogen-bond acceptors (Lipinski definition) is 4. The highest BCUT2D eigenvalue weighted by atomic mass is 16.1. The minimum absolute atomic E-state index is 0.523. The van der Waals surface area contributed by atoms with Crippen molar-refractivity contribution in [3.63, 3.8) is 0 Å². The lowest BCUT2D eigenvalue weighted by atomic mass is 10.2. The highest BCUT2D eigenvalue weighted by Gasteiger charge is 2.00. The van der Waals surface area contributed by atoms with Crippen molar-refractivity contribution < 1.29 is 4.79 Å². The highest BCUT2D eigenvalue weighted by molar-refractivity contribution is 5.76. The molecule has 0 radical (unpaired) electrons. The molecule has 0 fully saturated rings. The maximum absolute atomic E-state index is 10.5. The molecule has 2 rings (SSSR count). The topological polar surface area (TPSA) is 55.7 Å². The van der Waals surface area contributed by atoms with Gasteiger partial charge in [0.15, 0.2) is 12.1 Å². The number of pyridine rings is 1. The molecular formula is C10H7N3O. The monoisotopic (exact) mass is 185 g/mol. The minimum Gasteiger partial charge on any atom is -0.298 e. The largest absolute Gasteiger partial charge is 0.298 e. The fourth-order valence-electron chi connectivity index (χ4n) is 1.09. The summed E-state index contributed by atoms with van der Waals surface area (Å²) in [5.41, 5.74) is 1.27. The Kier molecular flexibility index (Phi) is 2.27. The number of carbonyl (C=O) groups excluding carboxylic acids is 1. The molecule has 4 nitrogen and oxygen atoms in total. The first kappa shape index (κ1) is 8.50. The van der Waals surface area contributed by atoms with E-state index in [2.05, 4.69) is 15.0 Å². The molecule has 2 aromatic rings. The summed E-state index contributed by atoms with van der Waals surface area (Å²) in [6, 6.07) is 3.44. The van der Waals surface area contributed by atoms with E-state index in [9.17, 15) is 4.79 Å². The van der Waals surface area contributed by atoms with Crippen molar-refractivity contribution in [2.24, 2.45) is 0 Å². The number of aldehydes is 1. The van der Waals surface area contributed by atoms with E-state index in [1.54, 1.807) is 30.7 Å². The fourth-order valence-corrected chi connectivity index (χ4v) is 1.09. The average Bonchev–Trinajstić information content (AvgIpc) is 2.30. The third-order valence-corrected chi connectivity index (χ3v) is 1.72. The van der Waals surface area contributed by atoms with E-state index in [1.165, 1.54) is 6.20 Å². The number of carbonyl (C=O) groups is 1. The lowest BCUT2D eigenvalue weighted by Crippen LogP contribution is -1.90. The van der Waals surface area contributed by atoms with Crippen molar-refractivity contribution in [2.75, 3.05) is 0 Å². The first-order chi connectivity index (χ1) is 6.90. The molecule has 0 spiro atoms.